The first-order valence-corrected chi connectivity index (χ1v) is 7.29. The summed E-state index contributed by atoms with van der Waals surface area (Å²) in [5, 5.41) is 9.66. The minimum atomic E-state index is -0.572. The van der Waals surface area contributed by atoms with Crippen LogP contribution in [0.2, 0.25) is 0 Å². The molecule has 0 aliphatic heterocycles. The van der Waals surface area contributed by atoms with Crippen LogP contribution in [-0.2, 0) is 0 Å². The smallest absolute Gasteiger partial charge is 0.209 e. The Bertz CT molecular complexity index is 881. The Morgan fingerprint density at radius 2 is 1.78 bits per heavy atom. The average Bonchev–Trinajstić information content (AvgIpc) is 2.54. The second kappa shape index (κ2) is 5.56. The molecule has 0 saturated heterocycles. The number of carbonyl (C=O) groups is 2. The molecule has 0 amide bonds. The minimum absolute atomic E-state index is 0.0580. The van der Waals surface area contributed by atoms with E-state index in [2.05, 4.69) is 0 Å². The summed E-state index contributed by atoms with van der Waals surface area (Å²) in [6.07, 6.45) is 0. The van der Waals surface area contributed by atoms with Crippen molar-refractivity contribution in [1.82, 2.24) is 0 Å². The quantitative estimate of drug-likeness (QED) is 0.912. The summed E-state index contributed by atoms with van der Waals surface area (Å²) in [6, 6.07) is 9.64. The topological polar surface area (TPSA) is 63.6 Å². The first-order chi connectivity index (χ1) is 11.0. The lowest BCUT2D eigenvalue weighted by Gasteiger charge is -2.20. The SMILES string of the molecule is COc1cc(C)ccc1C1=C(Cl)C(=O)c2c(O)cccc2C1=O. The van der Waals surface area contributed by atoms with Gasteiger partial charge in [-0.3, -0.25) is 9.59 Å². The Morgan fingerprint density at radius 1 is 1.04 bits per heavy atom. The summed E-state index contributed by atoms with van der Waals surface area (Å²) < 4.78 is 5.32. The number of phenols is 1. The molecule has 1 aliphatic carbocycles. The van der Waals surface area contributed by atoms with Crippen LogP contribution in [0, 0.1) is 6.92 Å². The molecule has 0 heterocycles. The van der Waals surface area contributed by atoms with Gasteiger partial charge in [0.1, 0.15) is 16.5 Å². The summed E-state index contributed by atoms with van der Waals surface area (Å²) in [5.74, 6) is -0.781. The zero-order valence-corrected chi connectivity index (χ0v) is 13.3. The zero-order valence-electron chi connectivity index (χ0n) is 12.5. The van der Waals surface area contributed by atoms with E-state index in [1.807, 2.05) is 13.0 Å². The van der Waals surface area contributed by atoms with Crippen molar-refractivity contribution >= 4 is 28.7 Å². The highest BCUT2D eigenvalue weighted by atomic mass is 35.5. The van der Waals surface area contributed by atoms with Crippen molar-refractivity contribution in [2.75, 3.05) is 7.11 Å². The second-order valence-corrected chi connectivity index (χ2v) is 5.63. The Balaban J connectivity index is 2.28. The van der Waals surface area contributed by atoms with Gasteiger partial charge in [0.25, 0.3) is 0 Å². The van der Waals surface area contributed by atoms with E-state index in [1.165, 1.54) is 25.3 Å². The highest BCUT2D eigenvalue weighted by Crippen LogP contribution is 2.40. The number of carbonyl (C=O) groups excluding carboxylic acids is 2. The molecule has 116 valence electrons. The molecule has 0 bridgehead atoms. The lowest BCUT2D eigenvalue weighted by molar-refractivity contribution is 0.0995. The maximum atomic E-state index is 12.8. The molecule has 0 aromatic heterocycles. The number of halogens is 1. The van der Waals surface area contributed by atoms with Crippen molar-refractivity contribution in [2.24, 2.45) is 0 Å². The lowest BCUT2D eigenvalue weighted by atomic mass is 9.85. The molecular formula is C18H13ClO4. The maximum absolute atomic E-state index is 12.8. The molecular weight excluding hydrogens is 316 g/mol. The summed E-state index contributed by atoms with van der Waals surface area (Å²) in [5.41, 5.74) is 1.58. The number of Topliss-reactive ketones (excluding diaryl/α,β-unsaturated/α-hetero) is 2. The van der Waals surface area contributed by atoms with E-state index in [9.17, 15) is 14.7 Å². The number of aromatic hydroxyl groups is 1. The van der Waals surface area contributed by atoms with Gasteiger partial charge in [0, 0.05) is 11.1 Å². The molecule has 1 N–H and O–H groups in total. The van der Waals surface area contributed by atoms with Crippen LogP contribution < -0.4 is 4.74 Å². The van der Waals surface area contributed by atoms with E-state index >= 15 is 0 Å². The van der Waals surface area contributed by atoms with Crippen LogP contribution in [0.15, 0.2) is 41.4 Å². The number of ketones is 2. The highest BCUT2D eigenvalue weighted by molar-refractivity contribution is 6.57. The number of rotatable bonds is 2. The van der Waals surface area contributed by atoms with Crippen LogP contribution in [0.4, 0.5) is 0 Å². The van der Waals surface area contributed by atoms with Crippen molar-refractivity contribution in [3.05, 3.63) is 63.7 Å². The van der Waals surface area contributed by atoms with Crippen molar-refractivity contribution in [2.45, 2.75) is 6.92 Å². The van der Waals surface area contributed by atoms with Crippen LogP contribution in [-0.4, -0.2) is 23.8 Å². The van der Waals surface area contributed by atoms with E-state index in [0.717, 1.165) is 5.56 Å². The van der Waals surface area contributed by atoms with Crippen LogP contribution in [0.25, 0.3) is 5.57 Å². The van der Waals surface area contributed by atoms with E-state index in [-0.39, 0.29) is 27.5 Å². The first kappa shape index (κ1) is 15.3. The van der Waals surface area contributed by atoms with E-state index in [0.29, 0.717) is 11.3 Å². The highest BCUT2D eigenvalue weighted by Gasteiger charge is 2.35. The molecule has 2 aromatic rings. The van der Waals surface area contributed by atoms with Gasteiger partial charge in [-0.2, -0.15) is 0 Å². The summed E-state index contributed by atoms with van der Waals surface area (Å²) in [4.78, 5) is 25.3. The molecule has 0 radical (unpaired) electrons. The molecule has 2 aromatic carbocycles. The fourth-order valence-electron chi connectivity index (χ4n) is 2.67. The standard InChI is InChI=1S/C18H13ClO4/c1-9-6-7-10(13(8-9)23-2)15-16(19)18(22)14-11(17(15)21)4-3-5-12(14)20/h3-8,20H,1-2H3. The predicted octanol–water partition coefficient (Wildman–Crippen LogP) is 3.74. The van der Waals surface area contributed by atoms with Gasteiger partial charge in [-0.25, -0.2) is 0 Å². The lowest BCUT2D eigenvalue weighted by Crippen LogP contribution is -2.19. The van der Waals surface area contributed by atoms with Crippen molar-refractivity contribution < 1.29 is 19.4 Å². The second-order valence-electron chi connectivity index (χ2n) is 5.25. The largest absolute Gasteiger partial charge is 0.507 e. The van der Waals surface area contributed by atoms with Crippen molar-refractivity contribution in [3.63, 3.8) is 0 Å². The summed E-state index contributed by atoms with van der Waals surface area (Å²) in [6.45, 7) is 1.89. The average molecular weight is 329 g/mol. The van der Waals surface area contributed by atoms with E-state index in [4.69, 9.17) is 16.3 Å². The predicted molar refractivity (Wildman–Crippen MR) is 87.3 cm³/mol. The minimum Gasteiger partial charge on any atom is -0.507 e. The Hall–Kier alpha value is -2.59. The van der Waals surface area contributed by atoms with Gasteiger partial charge in [-0.05, 0) is 24.6 Å². The van der Waals surface area contributed by atoms with Crippen molar-refractivity contribution in [3.8, 4) is 11.5 Å². The molecule has 0 saturated carbocycles. The first-order valence-electron chi connectivity index (χ1n) is 6.92. The fourth-order valence-corrected chi connectivity index (χ4v) is 2.95. The third kappa shape index (κ3) is 2.32. The number of allylic oxidation sites excluding steroid dienone is 2. The number of benzene rings is 2. The van der Waals surface area contributed by atoms with Gasteiger partial charge in [-0.15, -0.1) is 0 Å². The van der Waals surface area contributed by atoms with Crippen LogP contribution in [0.1, 0.15) is 31.8 Å². The number of fused-ring (bicyclic) bond motifs is 1. The number of ether oxygens (including phenoxy) is 1. The third-order valence-electron chi connectivity index (χ3n) is 3.79. The number of methoxy groups -OCH3 is 1. The Kier molecular flexibility index (Phi) is 3.70. The molecule has 4 nitrogen and oxygen atoms in total. The third-order valence-corrected chi connectivity index (χ3v) is 4.15. The summed E-state index contributed by atoms with van der Waals surface area (Å²) >= 11 is 6.17. The van der Waals surface area contributed by atoms with Crippen LogP contribution >= 0.6 is 11.6 Å². The van der Waals surface area contributed by atoms with Gasteiger partial charge in [0.15, 0.2) is 5.78 Å². The van der Waals surface area contributed by atoms with Crippen LogP contribution in [0.5, 0.6) is 11.5 Å². The van der Waals surface area contributed by atoms with Gasteiger partial charge in [0.05, 0.1) is 18.2 Å². The van der Waals surface area contributed by atoms with Gasteiger partial charge in [-0.1, -0.05) is 35.9 Å². The van der Waals surface area contributed by atoms with Gasteiger partial charge >= 0.3 is 0 Å². The van der Waals surface area contributed by atoms with Crippen LogP contribution in [0.3, 0.4) is 0 Å². The monoisotopic (exact) mass is 328 g/mol. The number of hydrogen-bond donors (Lipinski definition) is 1. The Labute approximate surface area is 138 Å². The fraction of sp³-hybridized carbons (Fsp3) is 0.111. The zero-order chi connectivity index (χ0) is 16.7. The summed E-state index contributed by atoms with van der Waals surface area (Å²) in [7, 11) is 1.49. The molecule has 0 unspecified atom stereocenters. The molecule has 0 fully saturated rings. The molecule has 1 aliphatic rings. The molecule has 3 rings (SSSR count). The van der Waals surface area contributed by atoms with E-state index < -0.39 is 11.6 Å². The molecule has 0 spiro atoms. The maximum Gasteiger partial charge on any atom is 0.209 e. The van der Waals surface area contributed by atoms with Gasteiger partial charge in [0.2, 0.25) is 5.78 Å². The number of phenolic OH excluding ortho intramolecular Hbond substituents is 1. The molecule has 5 heteroatoms. The molecule has 23 heavy (non-hydrogen) atoms. The van der Waals surface area contributed by atoms with Crippen molar-refractivity contribution in [1.29, 1.82) is 0 Å². The Morgan fingerprint density at radius 3 is 2.48 bits per heavy atom. The molecule has 0 atom stereocenters. The number of aryl methyl sites for hydroxylation is 1. The normalized spacial score (nSPS) is 14.0. The number of hydrogen-bond acceptors (Lipinski definition) is 4. The van der Waals surface area contributed by atoms with Gasteiger partial charge < -0.3 is 9.84 Å². The van der Waals surface area contributed by atoms with E-state index in [1.54, 1.807) is 12.1 Å².